The fourth-order valence-electron chi connectivity index (χ4n) is 6.98. The molecule has 0 bridgehead atoms. The fraction of sp³-hybridized carbons (Fsp3) is 0. The van der Waals surface area contributed by atoms with Crippen LogP contribution in [0.4, 0.5) is 0 Å². The molecule has 0 amide bonds. The third-order valence-electron chi connectivity index (χ3n) is 9.36. The first kappa shape index (κ1) is 28.6. The Morgan fingerprint density at radius 3 is 1.64 bits per heavy atom. The van der Waals surface area contributed by atoms with Gasteiger partial charge in [0.25, 0.3) is 0 Å². The van der Waals surface area contributed by atoms with E-state index in [9.17, 15) is 0 Å². The molecule has 0 aliphatic carbocycles. The van der Waals surface area contributed by atoms with Crippen LogP contribution in [0.5, 0.6) is 0 Å². The molecule has 7 aromatic carbocycles. The average Bonchev–Trinajstić information content (AvgIpc) is 3.77. The molecular weight excluding hydrogens is 631 g/mol. The van der Waals surface area contributed by atoms with E-state index in [-0.39, 0.29) is 0 Å². The fourth-order valence-corrected chi connectivity index (χ4v) is 8.07. The highest BCUT2D eigenvalue weighted by Gasteiger charge is 2.22. The maximum Gasteiger partial charge on any atom is 0.164 e. The van der Waals surface area contributed by atoms with Crippen molar-refractivity contribution in [1.82, 2.24) is 15.0 Å². The number of fused-ring (bicyclic) bond motifs is 6. The number of benzene rings is 7. The third-order valence-corrected chi connectivity index (χ3v) is 10.5. The number of furan rings is 1. The van der Waals surface area contributed by atoms with Crippen LogP contribution >= 0.6 is 11.3 Å². The van der Waals surface area contributed by atoms with Gasteiger partial charge in [-0.15, -0.1) is 11.3 Å². The second-order valence-electron chi connectivity index (χ2n) is 12.4. The second-order valence-corrected chi connectivity index (χ2v) is 13.4. The average molecular weight is 658 g/mol. The molecule has 0 spiro atoms. The molecule has 0 aliphatic heterocycles. The standard InChI is InChI=1S/C45H27N3OS/c1-4-13-28(14-5-1)33-24-25-36(45-47-43(29-15-6-2-7-16-29)46-44(48-45)30-17-8-3-9-18-30)40-35-21-12-20-32(41(35)49-42(33)40)31-23-26-39-37(27-31)34-19-10-11-22-38(34)50-39/h1-27H. The summed E-state index contributed by atoms with van der Waals surface area (Å²) < 4.78 is 9.60. The molecule has 50 heavy (non-hydrogen) atoms. The first-order chi connectivity index (χ1) is 24.8. The Kier molecular flexibility index (Phi) is 6.64. The van der Waals surface area contributed by atoms with Gasteiger partial charge in [-0.05, 0) is 41.5 Å². The molecule has 10 rings (SSSR count). The van der Waals surface area contributed by atoms with E-state index in [1.807, 2.05) is 78.1 Å². The number of aromatic nitrogens is 3. The Morgan fingerprint density at radius 1 is 0.360 bits per heavy atom. The zero-order valence-electron chi connectivity index (χ0n) is 26.7. The molecule has 0 N–H and O–H groups in total. The zero-order valence-corrected chi connectivity index (χ0v) is 27.6. The first-order valence-electron chi connectivity index (χ1n) is 16.6. The highest BCUT2D eigenvalue weighted by molar-refractivity contribution is 7.25. The molecule has 0 unspecified atom stereocenters. The first-order valence-corrected chi connectivity index (χ1v) is 17.4. The van der Waals surface area contributed by atoms with Crippen LogP contribution in [-0.2, 0) is 0 Å². The quantitative estimate of drug-likeness (QED) is 0.185. The molecule has 234 valence electrons. The Bertz CT molecular complexity index is 2800. The Labute approximate surface area is 292 Å². The van der Waals surface area contributed by atoms with Crippen LogP contribution in [0, 0.1) is 0 Å². The molecule has 10 aromatic rings. The van der Waals surface area contributed by atoms with Crippen LogP contribution in [0.15, 0.2) is 168 Å². The number of para-hydroxylation sites is 1. The molecule has 0 aliphatic rings. The predicted molar refractivity (Wildman–Crippen MR) is 207 cm³/mol. The monoisotopic (exact) mass is 657 g/mol. The number of hydrogen-bond acceptors (Lipinski definition) is 5. The van der Waals surface area contributed by atoms with E-state index in [1.54, 1.807) is 0 Å². The minimum atomic E-state index is 0.599. The van der Waals surface area contributed by atoms with E-state index in [1.165, 1.54) is 20.2 Å². The van der Waals surface area contributed by atoms with Crippen molar-refractivity contribution in [2.75, 3.05) is 0 Å². The van der Waals surface area contributed by atoms with Crippen molar-refractivity contribution in [1.29, 1.82) is 0 Å². The lowest BCUT2D eigenvalue weighted by molar-refractivity contribution is 0.671. The van der Waals surface area contributed by atoms with Crippen LogP contribution in [-0.4, -0.2) is 15.0 Å². The molecule has 3 aromatic heterocycles. The van der Waals surface area contributed by atoms with Crippen molar-refractivity contribution in [3.8, 4) is 56.4 Å². The van der Waals surface area contributed by atoms with E-state index in [4.69, 9.17) is 19.4 Å². The topological polar surface area (TPSA) is 51.8 Å². The number of rotatable bonds is 5. The van der Waals surface area contributed by atoms with Gasteiger partial charge >= 0.3 is 0 Å². The van der Waals surface area contributed by atoms with Crippen LogP contribution < -0.4 is 0 Å². The summed E-state index contributed by atoms with van der Waals surface area (Å²) >= 11 is 1.83. The largest absolute Gasteiger partial charge is 0.455 e. The number of nitrogens with zero attached hydrogens (tertiary/aromatic N) is 3. The van der Waals surface area contributed by atoms with E-state index >= 15 is 0 Å². The second kappa shape index (κ2) is 11.6. The number of hydrogen-bond donors (Lipinski definition) is 0. The molecular formula is C45H27N3OS. The molecule has 0 atom stereocenters. The van der Waals surface area contributed by atoms with Gasteiger partial charge in [-0.1, -0.05) is 133 Å². The van der Waals surface area contributed by atoms with Crippen molar-refractivity contribution in [2.24, 2.45) is 0 Å². The van der Waals surface area contributed by atoms with Gasteiger partial charge in [-0.3, -0.25) is 0 Å². The van der Waals surface area contributed by atoms with Crippen molar-refractivity contribution in [3.63, 3.8) is 0 Å². The van der Waals surface area contributed by atoms with Gasteiger partial charge in [-0.25, -0.2) is 15.0 Å². The molecule has 5 heteroatoms. The minimum absolute atomic E-state index is 0.599. The number of thiophene rings is 1. The van der Waals surface area contributed by atoms with Crippen LogP contribution in [0.3, 0.4) is 0 Å². The lowest BCUT2D eigenvalue weighted by Crippen LogP contribution is -2.00. The summed E-state index contributed by atoms with van der Waals surface area (Å²) in [5.74, 6) is 1.85. The molecule has 0 radical (unpaired) electrons. The van der Waals surface area contributed by atoms with Crippen LogP contribution in [0.2, 0.25) is 0 Å². The highest BCUT2D eigenvalue weighted by Crippen LogP contribution is 2.45. The summed E-state index contributed by atoms with van der Waals surface area (Å²) in [5, 5.41) is 4.53. The van der Waals surface area contributed by atoms with E-state index in [2.05, 4.69) is 97.1 Å². The summed E-state index contributed by atoms with van der Waals surface area (Å²) in [6.45, 7) is 0. The summed E-state index contributed by atoms with van der Waals surface area (Å²) in [6.07, 6.45) is 0. The molecule has 0 saturated heterocycles. The molecule has 4 nitrogen and oxygen atoms in total. The predicted octanol–water partition coefficient (Wildman–Crippen LogP) is 12.5. The summed E-state index contributed by atoms with van der Waals surface area (Å²) in [4.78, 5) is 15.2. The van der Waals surface area contributed by atoms with Crippen molar-refractivity contribution in [2.45, 2.75) is 0 Å². The molecule has 0 fully saturated rings. The summed E-state index contributed by atoms with van der Waals surface area (Å²) in [7, 11) is 0. The minimum Gasteiger partial charge on any atom is -0.455 e. The van der Waals surface area contributed by atoms with E-state index in [0.717, 1.165) is 60.9 Å². The van der Waals surface area contributed by atoms with Gasteiger partial charge in [-0.2, -0.15) is 0 Å². The summed E-state index contributed by atoms with van der Waals surface area (Å²) in [6, 6.07) is 56.7. The van der Waals surface area contributed by atoms with Crippen molar-refractivity contribution >= 4 is 53.4 Å². The van der Waals surface area contributed by atoms with Gasteiger partial charge in [0.1, 0.15) is 11.2 Å². The van der Waals surface area contributed by atoms with Crippen molar-refractivity contribution in [3.05, 3.63) is 164 Å². The van der Waals surface area contributed by atoms with Gasteiger partial charge in [0.15, 0.2) is 17.5 Å². The lowest BCUT2D eigenvalue weighted by Gasteiger charge is -2.10. The maximum absolute atomic E-state index is 7.03. The van der Waals surface area contributed by atoms with Gasteiger partial charge in [0.05, 0.1) is 0 Å². The van der Waals surface area contributed by atoms with Crippen LogP contribution in [0.1, 0.15) is 0 Å². The van der Waals surface area contributed by atoms with Crippen LogP contribution in [0.25, 0.3) is 98.5 Å². The summed E-state index contributed by atoms with van der Waals surface area (Å²) in [5.41, 5.74) is 8.67. The molecule has 3 heterocycles. The van der Waals surface area contributed by atoms with Crippen molar-refractivity contribution < 1.29 is 4.42 Å². The smallest absolute Gasteiger partial charge is 0.164 e. The van der Waals surface area contributed by atoms with E-state index < -0.39 is 0 Å². The maximum atomic E-state index is 7.03. The zero-order chi connectivity index (χ0) is 33.0. The normalized spacial score (nSPS) is 11.6. The Morgan fingerprint density at radius 2 is 0.920 bits per heavy atom. The van der Waals surface area contributed by atoms with Gasteiger partial charge < -0.3 is 4.42 Å². The van der Waals surface area contributed by atoms with E-state index in [0.29, 0.717) is 17.5 Å². The third kappa shape index (κ3) is 4.71. The SMILES string of the molecule is c1ccc(-c2nc(-c3ccccc3)nc(-c3ccc(-c4ccccc4)c4oc5c(-c6ccc7sc8ccccc8c7c6)cccc5c34)n2)cc1. The lowest BCUT2D eigenvalue weighted by atomic mass is 9.96. The van der Waals surface area contributed by atoms with Gasteiger partial charge in [0.2, 0.25) is 0 Å². The Hall–Kier alpha value is -6.43. The highest BCUT2D eigenvalue weighted by atomic mass is 32.1. The Balaban J connectivity index is 1.26. The molecule has 0 saturated carbocycles. The van der Waals surface area contributed by atoms with Gasteiger partial charge in [0, 0.05) is 58.8 Å².